The van der Waals surface area contributed by atoms with E-state index in [1.54, 1.807) is 0 Å². The maximum atomic E-state index is 12.9. The van der Waals surface area contributed by atoms with Gasteiger partial charge in [-0.25, -0.2) is 0 Å². The van der Waals surface area contributed by atoms with Crippen LogP contribution in [0.5, 0.6) is 0 Å². The number of carbonyl (C=O) groups is 2. The van der Waals surface area contributed by atoms with Gasteiger partial charge in [-0.15, -0.1) is 0 Å². The van der Waals surface area contributed by atoms with Crippen molar-refractivity contribution in [2.45, 2.75) is 72.3 Å². The molecule has 0 heterocycles. The Hall–Kier alpha value is -4.18. The van der Waals surface area contributed by atoms with E-state index in [4.69, 9.17) is 0 Å². The van der Waals surface area contributed by atoms with Crippen molar-refractivity contribution in [2.24, 2.45) is 0 Å². The van der Waals surface area contributed by atoms with Gasteiger partial charge in [-0.1, -0.05) is 63.2 Å². The van der Waals surface area contributed by atoms with Crippen LogP contribution in [-0.4, -0.2) is 11.8 Å². The van der Waals surface area contributed by atoms with E-state index in [9.17, 15) is 9.59 Å². The highest BCUT2D eigenvalue weighted by atomic mass is 16.2. The number of aryl methyl sites for hydroxylation is 4. The van der Waals surface area contributed by atoms with Gasteiger partial charge in [0.25, 0.3) is 11.8 Å². The number of anilines is 1. The number of rotatable bonds is 6. The average Bonchev–Trinajstić information content (AvgIpc) is 3.15. The summed E-state index contributed by atoms with van der Waals surface area (Å²) in [6.07, 6.45) is 0.974. The zero-order valence-electron chi connectivity index (χ0n) is 25.2. The molecular weight excluding hydrogens is 504 g/mol. The first-order valence-corrected chi connectivity index (χ1v) is 14.4. The minimum atomic E-state index is -0.191. The number of carbonyl (C=O) groups excluding carboxylic acids is 2. The molecule has 0 saturated carbocycles. The van der Waals surface area contributed by atoms with Gasteiger partial charge >= 0.3 is 0 Å². The predicted molar refractivity (Wildman–Crippen MR) is 168 cm³/mol. The molecule has 2 amide bonds. The fourth-order valence-electron chi connectivity index (χ4n) is 6.25. The summed E-state index contributed by atoms with van der Waals surface area (Å²) in [7, 11) is 0. The summed E-state index contributed by atoms with van der Waals surface area (Å²) in [5.74, 6) is -0.165. The Morgan fingerprint density at radius 1 is 0.659 bits per heavy atom. The lowest BCUT2D eigenvalue weighted by Gasteiger charge is -2.29. The molecule has 1 aliphatic carbocycles. The molecule has 1 unspecified atom stereocenters. The zero-order valence-corrected chi connectivity index (χ0v) is 25.2. The van der Waals surface area contributed by atoms with Crippen LogP contribution in [-0.2, 0) is 17.4 Å². The first-order valence-electron chi connectivity index (χ1n) is 14.4. The van der Waals surface area contributed by atoms with Crippen LogP contribution < -0.4 is 10.6 Å². The lowest BCUT2D eigenvalue weighted by Crippen LogP contribution is -2.24. The maximum Gasteiger partial charge on any atom is 0.255 e. The Kier molecular flexibility index (Phi) is 7.37. The molecular formula is C37H40N2O2. The van der Waals surface area contributed by atoms with Gasteiger partial charge in [0.1, 0.15) is 0 Å². The van der Waals surface area contributed by atoms with Gasteiger partial charge in [0, 0.05) is 28.8 Å². The highest BCUT2D eigenvalue weighted by Crippen LogP contribution is 2.53. The van der Waals surface area contributed by atoms with Crippen LogP contribution in [0.25, 0.3) is 0 Å². The third-order valence-electron chi connectivity index (χ3n) is 8.97. The fraction of sp³-hybridized carbons (Fsp3) is 0.297. The molecule has 0 aromatic heterocycles. The van der Waals surface area contributed by atoms with Crippen molar-refractivity contribution in [3.8, 4) is 0 Å². The molecule has 4 nitrogen and oxygen atoms in total. The van der Waals surface area contributed by atoms with Crippen LogP contribution in [0.4, 0.5) is 5.69 Å². The molecule has 210 valence electrons. The highest BCUT2D eigenvalue weighted by molar-refractivity contribution is 6.04. The summed E-state index contributed by atoms with van der Waals surface area (Å²) in [6, 6.07) is 26.5. The second kappa shape index (κ2) is 10.7. The Bertz CT molecular complexity index is 1650. The van der Waals surface area contributed by atoms with Crippen LogP contribution in [0.1, 0.15) is 92.4 Å². The predicted octanol–water partition coefficient (Wildman–Crippen LogP) is 8.09. The van der Waals surface area contributed by atoms with Gasteiger partial charge < -0.3 is 10.6 Å². The molecule has 1 atom stereocenters. The van der Waals surface area contributed by atoms with E-state index in [1.165, 1.54) is 27.8 Å². The normalized spacial score (nSPS) is 17.1. The number of amides is 2. The minimum Gasteiger partial charge on any atom is -0.348 e. The van der Waals surface area contributed by atoms with E-state index in [0.717, 1.165) is 28.8 Å². The van der Waals surface area contributed by atoms with Crippen molar-refractivity contribution in [2.75, 3.05) is 5.32 Å². The van der Waals surface area contributed by atoms with Crippen molar-refractivity contribution in [1.82, 2.24) is 5.32 Å². The van der Waals surface area contributed by atoms with E-state index < -0.39 is 0 Å². The van der Waals surface area contributed by atoms with E-state index in [1.807, 2.05) is 69.3 Å². The van der Waals surface area contributed by atoms with Gasteiger partial charge in [-0.05, 0) is 120 Å². The van der Waals surface area contributed by atoms with Crippen molar-refractivity contribution < 1.29 is 9.59 Å². The minimum absolute atomic E-state index is 0.0154. The standard InChI is InChI=1S/C37H40N2O2/c1-23-8-11-28(18-25(23)3)34(40)38-21-27-10-17-32-33(20-27)37(7,22-36(32,5)6)30-13-15-31(16-14-30)39-35(41)29-12-9-24(2)26(4)19-29/h8-20H,21-22H2,1-7H3,(H,38,40)(H,39,41). The summed E-state index contributed by atoms with van der Waals surface area (Å²) in [4.78, 5) is 25.7. The van der Waals surface area contributed by atoms with E-state index in [-0.39, 0.29) is 22.6 Å². The Balaban J connectivity index is 1.35. The summed E-state index contributed by atoms with van der Waals surface area (Å²) in [5.41, 5.74) is 11.5. The monoisotopic (exact) mass is 544 g/mol. The van der Waals surface area contributed by atoms with Gasteiger partial charge in [0.2, 0.25) is 0 Å². The van der Waals surface area contributed by atoms with E-state index in [0.29, 0.717) is 17.7 Å². The van der Waals surface area contributed by atoms with Gasteiger partial charge in [0.05, 0.1) is 0 Å². The number of nitrogens with one attached hydrogen (secondary N) is 2. The molecule has 5 rings (SSSR count). The SMILES string of the molecule is Cc1ccc(C(=O)NCc2ccc3c(c2)C(C)(c2ccc(NC(=O)c4ccc(C)c(C)c4)cc2)CC3(C)C)cc1C. The summed E-state index contributed by atoms with van der Waals surface area (Å²) < 4.78 is 0. The van der Waals surface area contributed by atoms with Crippen LogP contribution >= 0.6 is 0 Å². The molecule has 0 bridgehead atoms. The van der Waals surface area contributed by atoms with Crippen LogP contribution in [0.3, 0.4) is 0 Å². The largest absolute Gasteiger partial charge is 0.348 e. The molecule has 0 spiro atoms. The van der Waals surface area contributed by atoms with Crippen LogP contribution in [0.15, 0.2) is 78.9 Å². The quantitative estimate of drug-likeness (QED) is 0.258. The second-order valence-corrected chi connectivity index (χ2v) is 12.6. The lowest BCUT2D eigenvalue weighted by molar-refractivity contribution is 0.0950. The van der Waals surface area contributed by atoms with Gasteiger partial charge in [0.15, 0.2) is 0 Å². The van der Waals surface area contributed by atoms with E-state index in [2.05, 4.69) is 68.7 Å². The van der Waals surface area contributed by atoms with E-state index >= 15 is 0 Å². The molecule has 0 aliphatic heterocycles. The molecule has 4 aromatic rings. The highest BCUT2D eigenvalue weighted by Gasteiger charge is 2.45. The third kappa shape index (κ3) is 5.56. The number of fused-ring (bicyclic) bond motifs is 1. The molecule has 0 saturated heterocycles. The number of hydrogen-bond acceptors (Lipinski definition) is 2. The maximum absolute atomic E-state index is 12.9. The first kappa shape index (κ1) is 28.4. The van der Waals surface area contributed by atoms with Crippen LogP contribution in [0, 0.1) is 27.7 Å². The average molecular weight is 545 g/mol. The first-order chi connectivity index (χ1) is 19.4. The smallest absolute Gasteiger partial charge is 0.255 e. The molecule has 1 aliphatic rings. The van der Waals surface area contributed by atoms with Crippen molar-refractivity contribution in [3.05, 3.63) is 134 Å². The zero-order chi connectivity index (χ0) is 29.5. The summed E-state index contributed by atoms with van der Waals surface area (Å²) >= 11 is 0. The number of hydrogen-bond donors (Lipinski definition) is 2. The second-order valence-electron chi connectivity index (χ2n) is 12.6. The molecule has 2 N–H and O–H groups in total. The third-order valence-corrected chi connectivity index (χ3v) is 8.97. The molecule has 4 heteroatoms. The Morgan fingerprint density at radius 2 is 1.24 bits per heavy atom. The molecule has 41 heavy (non-hydrogen) atoms. The molecule has 4 aromatic carbocycles. The lowest BCUT2D eigenvalue weighted by atomic mass is 9.75. The van der Waals surface area contributed by atoms with Crippen LogP contribution in [0.2, 0.25) is 0 Å². The van der Waals surface area contributed by atoms with Crippen molar-refractivity contribution in [1.29, 1.82) is 0 Å². The molecule has 0 radical (unpaired) electrons. The summed E-state index contributed by atoms with van der Waals surface area (Å²) in [5, 5.41) is 6.16. The summed E-state index contributed by atoms with van der Waals surface area (Å²) in [6.45, 7) is 15.5. The van der Waals surface area contributed by atoms with Crippen molar-refractivity contribution in [3.63, 3.8) is 0 Å². The Morgan fingerprint density at radius 3 is 1.83 bits per heavy atom. The Labute approximate surface area is 244 Å². The van der Waals surface area contributed by atoms with Gasteiger partial charge in [-0.2, -0.15) is 0 Å². The number of benzene rings is 4. The molecule has 0 fully saturated rings. The van der Waals surface area contributed by atoms with Crippen molar-refractivity contribution >= 4 is 17.5 Å². The van der Waals surface area contributed by atoms with Gasteiger partial charge in [-0.3, -0.25) is 9.59 Å². The fourth-order valence-corrected chi connectivity index (χ4v) is 6.25. The topological polar surface area (TPSA) is 58.2 Å².